The summed E-state index contributed by atoms with van der Waals surface area (Å²) in [6, 6.07) is 16.7. The van der Waals surface area contributed by atoms with Crippen LogP contribution in [0.25, 0.3) is 0 Å². The van der Waals surface area contributed by atoms with Crippen molar-refractivity contribution in [1.82, 2.24) is 0 Å². The van der Waals surface area contributed by atoms with Gasteiger partial charge in [-0.3, -0.25) is 0 Å². The van der Waals surface area contributed by atoms with Gasteiger partial charge in [-0.25, -0.2) is 0 Å². The highest BCUT2D eigenvalue weighted by Crippen LogP contribution is 2.22. The zero-order valence-electron chi connectivity index (χ0n) is 12.5. The number of hydrogen-bond donors (Lipinski definition) is 1. The van der Waals surface area contributed by atoms with Crippen LogP contribution in [0.4, 0.5) is 5.69 Å². The first-order valence-electron chi connectivity index (χ1n) is 6.83. The van der Waals surface area contributed by atoms with E-state index in [0.29, 0.717) is 0 Å². The summed E-state index contributed by atoms with van der Waals surface area (Å²) in [5.74, 6) is 0. The van der Waals surface area contributed by atoms with Gasteiger partial charge in [0.25, 0.3) is 0 Å². The van der Waals surface area contributed by atoms with Crippen LogP contribution in [-0.4, -0.2) is 4.99 Å². The molecular formula is C18H19NS2. The summed E-state index contributed by atoms with van der Waals surface area (Å²) in [6.45, 7) is 6.20. The van der Waals surface area contributed by atoms with Gasteiger partial charge in [0.1, 0.15) is 4.99 Å². The number of nitrogens with one attached hydrogen (secondary N) is 1. The van der Waals surface area contributed by atoms with Crippen molar-refractivity contribution in [3.05, 3.63) is 70.6 Å². The lowest BCUT2D eigenvalue weighted by Gasteiger charge is -2.08. The van der Waals surface area contributed by atoms with Crippen LogP contribution >= 0.6 is 24.0 Å². The highest BCUT2D eigenvalue weighted by molar-refractivity contribution is 8.02. The molecule has 0 aliphatic rings. The summed E-state index contributed by atoms with van der Waals surface area (Å²) in [4.78, 5) is 1.98. The zero-order chi connectivity index (χ0) is 15.2. The van der Waals surface area contributed by atoms with Crippen LogP contribution in [0, 0.1) is 13.8 Å². The molecule has 108 valence electrons. The maximum Gasteiger partial charge on any atom is 0.107 e. The fourth-order valence-corrected chi connectivity index (χ4v) is 2.67. The van der Waals surface area contributed by atoms with Crippen molar-refractivity contribution in [3.8, 4) is 0 Å². The lowest BCUT2D eigenvalue weighted by atomic mass is 10.2. The van der Waals surface area contributed by atoms with Crippen molar-refractivity contribution in [2.75, 3.05) is 5.32 Å². The quantitative estimate of drug-likeness (QED) is 0.439. The molecule has 2 rings (SSSR count). The van der Waals surface area contributed by atoms with Gasteiger partial charge in [0, 0.05) is 10.6 Å². The molecule has 0 spiro atoms. The van der Waals surface area contributed by atoms with Crippen molar-refractivity contribution >= 4 is 34.7 Å². The molecule has 0 aliphatic heterocycles. The van der Waals surface area contributed by atoms with Crippen molar-refractivity contribution in [2.24, 2.45) is 0 Å². The van der Waals surface area contributed by atoms with E-state index < -0.39 is 0 Å². The second kappa shape index (κ2) is 7.43. The average Bonchev–Trinajstić information content (AvgIpc) is 2.48. The first-order chi connectivity index (χ1) is 10.0. The maximum atomic E-state index is 5.43. The van der Waals surface area contributed by atoms with Crippen molar-refractivity contribution in [2.45, 2.75) is 25.7 Å². The van der Waals surface area contributed by atoms with E-state index in [9.17, 15) is 0 Å². The van der Waals surface area contributed by atoms with E-state index in [2.05, 4.69) is 61.0 Å². The van der Waals surface area contributed by atoms with Crippen molar-refractivity contribution < 1.29 is 0 Å². The van der Waals surface area contributed by atoms with Gasteiger partial charge in [-0.15, -0.1) is 0 Å². The fraction of sp³-hybridized carbons (Fsp3) is 0.167. The molecule has 0 saturated carbocycles. The summed E-state index contributed by atoms with van der Waals surface area (Å²) in [6.07, 6.45) is 0. The van der Waals surface area contributed by atoms with Gasteiger partial charge >= 0.3 is 0 Å². The molecule has 0 bridgehead atoms. The lowest BCUT2D eigenvalue weighted by Crippen LogP contribution is -2.09. The van der Waals surface area contributed by atoms with Gasteiger partial charge in [-0.05, 0) is 56.0 Å². The third-order valence-corrected chi connectivity index (χ3v) is 4.50. The monoisotopic (exact) mass is 313 g/mol. The molecule has 0 aliphatic carbocycles. The Morgan fingerprint density at radius 3 is 2.05 bits per heavy atom. The molecule has 1 nitrogen and oxygen atoms in total. The Morgan fingerprint density at radius 1 is 0.952 bits per heavy atom. The first-order valence-corrected chi connectivity index (χ1v) is 8.11. The molecule has 0 atom stereocenters. The summed E-state index contributed by atoms with van der Waals surface area (Å²) < 4.78 is 0. The summed E-state index contributed by atoms with van der Waals surface area (Å²) >= 11 is 7.12. The summed E-state index contributed by atoms with van der Waals surface area (Å²) in [7, 11) is 0. The van der Waals surface area contributed by atoms with Gasteiger partial charge in [0.15, 0.2) is 0 Å². The molecule has 2 aromatic carbocycles. The van der Waals surface area contributed by atoms with E-state index >= 15 is 0 Å². The molecule has 3 heteroatoms. The number of hydrogen-bond acceptors (Lipinski definition) is 2. The van der Waals surface area contributed by atoms with E-state index in [1.807, 2.05) is 19.1 Å². The Labute approximate surface area is 136 Å². The van der Waals surface area contributed by atoms with Gasteiger partial charge in [-0.2, -0.15) is 0 Å². The Bertz CT molecular complexity index is 640. The van der Waals surface area contributed by atoms with Crippen LogP contribution in [0.15, 0.2) is 64.4 Å². The van der Waals surface area contributed by atoms with E-state index in [1.165, 1.54) is 16.0 Å². The van der Waals surface area contributed by atoms with Gasteiger partial charge < -0.3 is 5.32 Å². The molecule has 2 aromatic rings. The van der Waals surface area contributed by atoms with Gasteiger partial charge in [-0.1, -0.05) is 59.4 Å². The number of thioether (sulfide) groups is 1. The molecule has 0 unspecified atom stereocenters. The number of anilines is 1. The lowest BCUT2D eigenvalue weighted by molar-refractivity contribution is 1.38. The second-order valence-electron chi connectivity index (χ2n) is 5.05. The Morgan fingerprint density at radius 2 is 1.48 bits per heavy atom. The molecule has 0 fully saturated rings. The zero-order valence-corrected chi connectivity index (χ0v) is 14.1. The number of aryl methyl sites for hydroxylation is 2. The molecule has 21 heavy (non-hydrogen) atoms. The average molecular weight is 313 g/mol. The largest absolute Gasteiger partial charge is 0.346 e. The van der Waals surface area contributed by atoms with E-state index in [0.717, 1.165) is 16.2 Å². The second-order valence-corrected chi connectivity index (χ2v) is 6.40. The summed E-state index contributed by atoms with van der Waals surface area (Å²) in [5.41, 5.74) is 4.61. The minimum atomic E-state index is 0.762. The standard InChI is InChI=1S/C18H19NS2/c1-13-4-8-16(9-5-13)19-18(20)15(3)12-21-17-10-6-14(2)7-11-17/h4-12H,1-3H3,(H,19,20). The first kappa shape index (κ1) is 15.8. The molecular weight excluding hydrogens is 294 g/mol. The van der Waals surface area contributed by atoms with Crippen LogP contribution in [0.2, 0.25) is 0 Å². The third kappa shape index (κ3) is 5.03. The van der Waals surface area contributed by atoms with E-state index in [1.54, 1.807) is 11.8 Å². The highest BCUT2D eigenvalue weighted by atomic mass is 32.2. The Balaban J connectivity index is 1.96. The number of rotatable bonds is 4. The minimum absolute atomic E-state index is 0.762. The predicted molar refractivity (Wildman–Crippen MR) is 98.2 cm³/mol. The van der Waals surface area contributed by atoms with Crippen LogP contribution in [0.3, 0.4) is 0 Å². The van der Waals surface area contributed by atoms with Crippen molar-refractivity contribution in [1.29, 1.82) is 0 Å². The van der Waals surface area contributed by atoms with Crippen molar-refractivity contribution in [3.63, 3.8) is 0 Å². The summed E-state index contributed by atoms with van der Waals surface area (Å²) in [5, 5.41) is 5.36. The van der Waals surface area contributed by atoms with E-state index in [4.69, 9.17) is 12.2 Å². The normalized spacial score (nSPS) is 11.3. The van der Waals surface area contributed by atoms with Crippen LogP contribution in [0.5, 0.6) is 0 Å². The SMILES string of the molecule is CC(=CSc1ccc(C)cc1)C(=S)Nc1ccc(C)cc1. The molecule has 0 aromatic heterocycles. The third-order valence-electron chi connectivity index (χ3n) is 3.06. The topological polar surface area (TPSA) is 12.0 Å². The number of benzene rings is 2. The highest BCUT2D eigenvalue weighted by Gasteiger charge is 2.01. The smallest absolute Gasteiger partial charge is 0.107 e. The Kier molecular flexibility index (Phi) is 5.59. The molecule has 0 saturated heterocycles. The van der Waals surface area contributed by atoms with Crippen LogP contribution in [-0.2, 0) is 0 Å². The van der Waals surface area contributed by atoms with Gasteiger partial charge in [0.2, 0.25) is 0 Å². The molecule has 0 amide bonds. The predicted octanol–water partition coefficient (Wildman–Crippen LogP) is 5.74. The van der Waals surface area contributed by atoms with E-state index in [-0.39, 0.29) is 0 Å². The van der Waals surface area contributed by atoms with Crippen LogP contribution < -0.4 is 5.32 Å². The maximum absolute atomic E-state index is 5.43. The molecule has 0 heterocycles. The Hall–Kier alpha value is -1.58. The molecule has 0 radical (unpaired) electrons. The fourth-order valence-electron chi connectivity index (χ4n) is 1.69. The molecule has 1 N–H and O–H groups in total. The number of thiocarbonyl (C=S) groups is 1. The van der Waals surface area contributed by atoms with Crippen LogP contribution in [0.1, 0.15) is 18.1 Å². The minimum Gasteiger partial charge on any atom is -0.346 e. The van der Waals surface area contributed by atoms with Gasteiger partial charge in [0.05, 0.1) is 0 Å².